The van der Waals surface area contributed by atoms with Gasteiger partial charge in [-0.05, 0) is 46.6 Å². The summed E-state index contributed by atoms with van der Waals surface area (Å²) in [5, 5.41) is 0.615. The van der Waals surface area contributed by atoms with Crippen LogP contribution in [0.5, 0.6) is 0 Å². The fraction of sp³-hybridized carbons (Fsp3) is 0.143. The van der Waals surface area contributed by atoms with Gasteiger partial charge in [0, 0.05) is 26.9 Å². The predicted octanol–water partition coefficient (Wildman–Crippen LogP) is 4.23. The molecule has 2 aromatic rings. The quantitative estimate of drug-likeness (QED) is 0.791. The Hall–Kier alpha value is -1.19. The Morgan fingerprint density at radius 1 is 1.33 bits per heavy atom. The minimum absolute atomic E-state index is 0.0201. The standard InChI is InChI=1S/C14H11BrClNO/c1-9-2-3-10(6-13(9)16)14(18)7-12-5-4-11(15)8-17-12/h2-6,8H,7H2,1H3. The molecule has 2 rings (SSSR count). The highest BCUT2D eigenvalue weighted by molar-refractivity contribution is 9.10. The third kappa shape index (κ3) is 3.18. The van der Waals surface area contributed by atoms with Crippen LogP contribution in [0.4, 0.5) is 0 Å². The fourth-order valence-corrected chi connectivity index (χ4v) is 1.96. The fourth-order valence-electron chi connectivity index (χ4n) is 1.54. The van der Waals surface area contributed by atoms with E-state index >= 15 is 0 Å². The van der Waals surface area contributed by atoms with E-state index < -0.39 is 0 Å². The van der Waals surface area contributed by atoms with Crippen LogP contribution in [-0.2, 0) is 6.42 Å². The summed E-state index contributed by atoms with van der Waals surface area (Å²) < 4.78 is 0.900. The van der Waals surface area contributed by atoms with Gasteiger partial charge in [-0.3, -0.25) is 9.78 Å². The maximum absolute atomic E-state index is 12.1. The zero-order valence-corrected chi connectivity index (χ0v) is 12.1. The maximum atomic E-state index is 12.1. The van der Waals surface area contributed by atoms with Gasteiger partial charge in [-0.15, -0.1) is 0 Å². The summed E-state index contributed by atoms with van der Waals surface area (Å²) in [4.78, 5) is 16.2. The van der Waals surface area contributed by atoms with E-state index in [0.29, 0.717) is 10.6 Å². The number of pyridine rings is 1. The first-order valence-electron chi connectivity index (χ1n) is 5.46. The number of Topliss-reactive ketones (excluding diaryl/α,β-unsaturated/α-hetero) is 1. The average Bonchev–Trinajstić information content (AvgIpc) is 2.35. The number of aryl methyl sites for hydroxylation is 1. The lowest BCUT2D eigenvalue weighted by molar-refractivity contribution is 0.0992. The highest BCUT2D eigenvalue weighted by Crippen LogP contribution is 2.18. The van der Waals surface area contributed by atoms with Crippen molar-refractivity contribution in [1.29, 1.82) is 0 Å². The van der Waals surface area contributed by atoms with Gasteiger partial charge in [0.05, 0.1) is 6.42 Å². The van der Waals surface area contributed by atoms with Crippen molar-refractivity contribution in [3.8, 4) is 0 Å². The third-order valence-electron chi connectivity index (χ3n) is 2.62. The Balaban J connectivity index is 2.16. The van der Waals surface area contributed by atoms with E-state index in [1.807, 2.05) is 25.1 Å². The van der Waals surface area contributed by atoms with Crippen LogP contribution in [0.15, 0.2) is 41.0 Å². The Kier molecular flexibility index (Phi) is 4.15. The van der Waals surface area contributed by atoms with Crippen LogP contribution in [0.3, 0.4) is 0 Å². The number of carbonyl (C=O) groups is 1. The summed E-state index contributed by atoms with van der Waals surface area (Å²) in [5.41, 5.74) is 2.34. The first-order chi connectivity index (χ1) is 8.56. The molecule has 1 heterocycles. The van der Waals surface area contributed by atoms with E-state index in [1.54, 1.807) is 18.3 Å². The maximum Gasteiger partial charge on any atom is 0.168 e. The molecule has 0 atom stereocenters. The number of rotatable bonds is 3. The first-order valence-corrected chi connectivity index (χ1v) is 6.63. The van der Waals surface area contributed by atoms with Gasteiger partial charge in [-0.1, -0.05) is 23.7 Å². The van der Waals surface area contributed by atoms with Gasteiger partial charge in [0.1, 0.15) is 0 Å². The van der Waals surface area contributed by atoms with Crippen LogP contribution < -0.4 is 0 Å². The molecule has 0 saturated heterocycles. The zero-order valence-electron chi connectivity index (χ0n) is 9.78. The van der Waals surface area contributed by atoms with Gasteiger partial charge in [0.15, 0.2) is 5.78 Å². The van der Waals surface area contributed by atoms with Crippen molar-refractivity contribution < 1.29 is 4.79 Å². The summed E-state index contributed by atoms with van der Waals surface area (Å²) in [7, 11) is 0. The third-order valence-corrected chi connectivity index (χ3v) is 3.50. The molecule has 0 N–H and O–H groups in total. The van der Waals surface area contributed by atoms with Crippen LogP contribution in [0, 0.1) is 6.92 Å². The number of halogens is 2. The molecular weight excluding hydrogens is 314 g/mol. The molecule has 1 aromatic carbocycles. The minimum atomic E-state index is 0.0201. The lowest BCUT2D eigenvalue weighted by Crippen LogP contribution is -2.05. The number of nitrogens with zero attached hydrogens (tertiary/aromatic N) is 1. The number of hydrogen-bond acceptors (Lipinski definition) is 2. The molecule has 0 aliphatic rings. The number of aromatic nitrogens is 1. The van der Waals surface area contributed by atoms with Crippen molar-refractivity contribution in [1.82, 2.24) is 4.98 Å². The van der Waals surface area contributed by atoms with Gasteiger partial charge in [0.2, 0.25) is 0 Å². The second-order valence-corrected chi connectivity index (χ2v) is 5.35. The van der Waals surface area contributed by atoms with E-state index in [0.717, 1.165) is 15.7 Å². The number of ketones is 1. The molecule has 0 radical (unpaired) electrons. The van der Waals surface area contributed by atoms with Crippen molar-refractivity contribution in [2.75, 3.05) is 0 Å². The van der Waals surface area contributed by atoms with Crippen LogP contribution in [0.25, 0.3) is 0 Å². The molecule has 0 fully saturated rings. The summed E-state index contributed by atoms with van der Waals surface area (Å²) in [5.74, 6) is 0.0201. The van der Waals surface area contributed by atoms with Crippen LogP contribution in [0.1, 0.15) is 21.6 Å². The average molecular weight is 325 g/mol. The van der Waals surface area contributed by atoms with E-state index in [4.69, 9.17) is 11.6 Å². The molecule has 1 aromatic heterocycles. The highest BCUT2D eigenvalue weighted by Gasteiger charge is 2.09. The van der Waals surface area contributed by atoms with Crippen molar-refractivity contribution in [2.45, 2.75) is 13.3 Å². The van der Waals surface area contributed by atoms with Crippen LogP contribution >= 0.6 is 27.5 Å². The molecule has 0 aliphatic heterocycles. The molecule has 4 heteroatoms. The van der Waals surface area contributed by atoms with Crippen molar-refractivity contribution in [3.63, 3.8) is 0 Å². The molecule has 0 bridgehead atoms. The lowest BCUT2D eigenvalue weighted by atomic mass is 10.0. The van der Waals surface area contributed by atoms with Crippen molar-refractivity contribution in [3.05, 3.63) is 62.8 Å². The Bertz CT molecular complexity index is 581. The van der Waals surface area contributed by atoms with Gasteiger partial charge in [0.25, 0.3) is 0 Å². The van der Waals surface area contributed by atoms with E-state index in [9.17, 15) is 4.79 Å². The number of hydrogen-bond donors (Lipinski definition) is 0. The van der Waals surface area contributed by atoms with E-state index in [-0.39, 0.29) is 12.2 Å². The first kappa shape index (κ1) is 13.2. The Morgan fingerprint density at radius 3 is 2.72 bits per heavy atom. The molecular formula is C14H11BrClNO. The largest absolute Gasteiger partial charge is 0.294 e. The summed E-state index contributed by atoms with van der Waals surface area (Å²) in [6.07, 6.45) is 1.97. The lowest BCUT2D eigenvalue weighted by Gasteiger charge is -2.03. The number of carbonyl (C=O) groups excluding carboxylic acids is 1. The van der Waals surface area contributed by atoms with Crippen LogP contribution in [-0.4, -0.2) is 10.8 Å². The monoisotopic (exact) mass is 323 g/mol. The molecule has 0 amide bonds. The van der Waals surface area contributed by atoms with Crippen molar-refractivity contribution in [2.24, 2.45) is 0 Å². The molecule has 0 unspecified atom stereocenters. The molecule has 0 spiro atoms. The zero-order chi connectivity index (χ0) is 13.1. The van der Waals surface area contributed by atoms with Gasteiger partial charge >= 0.3 is 0 Å². The SMILES string of the molecule is Cc1ccc(C(=O)Cc2ccc(Br)cn2)cc1Cl. The number of benzene rings is 1. The Morgan fingerprint density at radius 2 is 2.11 bits per heavy atom. The van der Waals surface area contributed by atoms with Gasteiger partial charge in [-0.25, -0.2) is 0 Å². The van der Waals surface area contributed by atoms with E-state index in [1.165, 1.54) is 0 Å². The molecule has 2 nitrogen and oxygen atoms in total. The van der Waals surface area contributed by atoms with Gasteiger partial charge < -0.3 is 0 Å². The van der Waals surface area contributed by atoms with E-state index in [2.05, 4.69) is 20.9 Å². The normalized spacial score (nSPS) is 10.4. The summed E-state index contributed by atoms with van der Waals surface area (Å²) in [6.45, 7) is 1.91. The summed E-state index contributed by atoms with van der Waals surface area (Å²) >= 11 is 9.32. The van der Waals surface area contributed by atoms with Crippen molar-refractivity contribution >= 4 is 33.3 Å². The molecule has 92 valence electrons. The molecule has 0 aliphatic carbocycles. The van der Waals surface area contributed by atoms with Gasteiger partial charge in [-0.2, -0.15) is 0 Å². The minimum Gasteiger partial charge on any atom is -0.294 e. The Labute approximate surface area is 119 Å². The topological polar surface area (TPSA) is 30.0 Å². The molecule has 18 heavy (non-hydrogen) atoms. The smallest absolute Gasteiger partial charge is 0.168 e. The highest BCUT2D eigenvalue weighted by atomic mass is 79.9. The van der Waals surface area contributed by atoms with Crippen LogP contribution in [0.2, 0.25) is 5.02 Å². The second-order valence-electron chi connectivity index (χ2n) is 4.03. The predicted molar refractivity (Wildman–Crippen MR) is 76.2 cm³/mol. The second kappa shape index (κ2) is 5.63. The summed E-state index contributed by atoms with van der Waals surface area (Å²) in [6, 6.07) is 9.06. The molecule has 0 saturated carbocycles.